The largest absolute Gasteiger partial charge is 0.477 e. The van der Waals surface area contributed by atoms with Gasteiger partial charge in [-0.2, -0.15) is 0 Å². The van der Waals surface area contributed by atoms with Gasteiger partial charge < -0.3 is 20.4 Å². The number of nitrogen functional groups attached to an aromatic ring is 1. The Kier molecular flexibility index (Phi) is 4.11. The molecule has 3 rings (SSSR count). The monoisotopic (exact) mass is 356 g/mol. The number of carboxylic acid groups (broad SMARTS) is 2. The zero-order valence-corrected chi connectivity index (χ0v) is 14.1. The number of pyridine rings is 1. The van der Waals surface area contributed by atoms with E-state index in [2.05, 4.69) is 4.98 Å². The number of fused-ring (bicyclic) bond motifs is 2. The third-order valence-corrected chi connectivity index (χ3v) is 4.21. The number of benzene rings is 1. The van der Waals surface area contributed by atoms with Crippen molar-refractivity contribution in [2.75, 3.05) is 5.73 Å². The SMILES string of the molecule is CCCc1c2nc(C(=O)O)cc(C)c2cc2c(=O)c(N)c(C(=O)O)oc12. The highest BCUT2D eigenvalue weighted by Crippen LogP contribution is 2.31. The number of hydrogen-bond acceptors (Lipinski definition) is 6. The van der Waals surface area contributed by atoms with Gasteiger partial charge in [0.2, 0.25) is 11.2 Å². The molecule has 0 saturated heterocycles. The summed E-state index contributed by atoms with van der Waals surface area (Å²) < 4.78 is 5.45. The number of carboxylic acids is 2. The van der Waals surface area contributed by atoms with Crippen LogP contribution in [0.4, 0.5) is 5.69 Å². The van der Waals surface area contributed by atoms with E-state index in [1.807, 2.05) is 6.92 Å². The van der Waals surface area contributed by atoms with Gasteiger partial charge in [0.25, 0.3) is 0 Å². The van der Waals surface area contributed by atoms with Gasteiger partial charge in [0.1, 0.15) is 17.0 Å². The van der Waals surface area contributed by atoms with Crippen LogP contribution in [0.2, 0.25) is 0 Å². The Balaban J connectivity index is 2.59. The van der Waals surface area contributed by atoms with Crippen molar-refractivity contribution in [1.82, 2.24) is 4.98 Å². The number of aromatic nitrogens is 1. The van der Waals surface area contributed by atoms with Crippen LogP contribution in [0.1, 0.15) is 45.5 Å². The van der Waals surface area contributed by atoms with Crippen LogP contribution in [-0.4, -0.2) is 27.1 Å². The molecule has 8 heteroatoms. The Hall–Kier alpha value is -3.42. The number of aromatic carboxylic acids is 2. The molecule has 2 heterocycles. The summed E-state index contributed by atoms with van der Waals surface area (Å²) in [6.45, 7) is 3.61. The van der Waals surface area contributed by atoms with Gasteiger partial charge in [0, 0.05) is 10.9 Å². The van der Waals surface area contributed by atoms with Crippen molar-refractivity contribution in [1.29, 1.82) is 0 Å². The fraction of sp³-hybridized carbons (Fsp3) is 0.222. The van der Waals surface area contributed by atoms with E-state index < -0.39 is 28.8 Å². The Morgan fingerprint density at radius 1 is 1.19 bits per heavy atom. The summed E-state index contributed by atoms with van der Waals surface area (Å²) in [6.07, 6.45) is 1.08. The molecule has 4 N–H and O–H groups in total. The van der Waals surface area contributed by atoms with Crippen LogP contribution >= 0.6 is 0 Å². The summed E-state index contributed by atoms with van der Waals surface area (Å²) in [5.41, 5.74) is 5.97. The Bertz CT molecular complexity index is 1150. The van der Waals surface area contributed by atoms with Crippen molar-refractivity contribution in [2.45, 2.75) is 26.7 Å². The molecule has 0 atom stereocenters. The summed E-state index contributed by atoms with van der Waals surface area (Å²) in [7, 11) is 0. The Morgan fingerprint density at radius 2 is 1.88 bits per heavy atom. The molecule has 0 unspecified atom stereocenters. The molecular formula is C18H16N2O6. The van der Waals surface area contributed by atoms with E-state index in [9.17, 15) is 24.6 Å². The molecule has 0 fully saturated rings. The van der Waals surface area contributed by atoms with Crippen molar-refractivity contribution in [3.05, 3.63) is 44.9 Å². The van der Waals surface area contributed by atoms with Crippen molar-refractivity contribution < 1.29 is 24.2 Å². The Labute approximate surface area is 146 Å². The van der Waals surface area contributed by atoms with Gasteiger partial charge in [-0.15, -0.1) is 0 Å². The fourth-order valence-corrected chi connectivity index (χ4v) is 3.02. The van der Waals surface area contributed by atoms with E-state index in [4.69, 9.17) is 10.2 Å². The maximum atomic E-state index is 12.6. The number of rotatable bonds is 4. The van der Waals surface area contributed by atoms with Gasteiger partial charge in [0.05, 0.1) is 10.9 Å². The third kappa shape index (κ3) is 2.55. The molecule has 3 aromatic rings. The molecule has 1 aromatic carbocycles. The number of anilines is 1. The number of nitrogens with two attached hydrogens (primary N) is 1. The van der Waals surface area contributed by atoms with Gasteiger partial charge >= 0.3 is 11.9 Å². The van der Waals surface area contributed by atoms with E-state index in [-0.39, 0.29) is 16.7 Å². The number of carbonyl (C=O) groups is 2. The second-order valence-corrected chi connectivity index (χ2v) is 5.99. The normalized spacial score (nSPS) is 11.2. The Morgan fingerprint density at radius 3 is 2.46 bits per heavy atom. The lowest BCUT2D eigenvalue weighted by molar-refractivity contribution is 0.0661. The van der Waals surface area contributed by atoms with Crippen molar-refractivity contribution in [3.8, 4) is 0 Å². The number of hydrogen-bond donors (Lipinski definition) is 3. The van der Waals surface area contributed by atoms with Gasteiger partial charge in [-0.05, 0) is 31.0 Å². The lowest BCUT2D eigenvalue weighted by Gasteiger charge is -2.12. The predicted octanol–water partition coefficient (Wildman–Crippen LogP) is 2.58. The minimum absolute atomic E-state index is 0.0744. The maximum Gasteiger partial charge on any atom is 0.374 e. The third-order valence-electron chi connectivity index (χ3n) is 4.21. The highest BCUT2D eigenvalue weighted by molar-refractivity contribution is 6.03. The van der Waals surface area contributed by atoms with Gasteiger partial charge in [-0.25, -0.2) is 14.6 Å². The molecule has 0 aliphatic carbocycles. The topological polar surface area (TPSA) is 144 Å². The first-order chi connectivity index (χ1) is 12.3. The average Bonchev–Trinajstić information content (AvgIpc) is 2.58. The zero-order chi connectivity index (χ0) is 19.2. The van der Waals surface area contributed by atoms with Crippen LogP contribution in [0, 0.1) is 6.92 Å². The highest BCUT2D eigenvalue weighted by Gasteiger charge is 2.22. The van der Waals surface area contributed by atoms with Crippen molar-refractivity contribution in [3.63, 3.8) is 0 Å². The molecule has 0 bridgehead atoms. The summed E-state index contributed by atoms with van der Waals surface area (Å²) in [4.78, 5) is 39.5. The molecule has 134 valence electrons. The number of aryl methyl sites for hydroxylation is 2. The molecule has 0 saturated carbocycles. The molecule has 0 spiro atoms. The smallest absolute Gasteiger partial charge is 0.374 e. The molecule has 0 radical (unpaired) electrons. The van der Waals surface area contributed by atoms with Crippen LogP contribution in [0.5, 0.6) is 0 Å². The molecule has 0 amide bonds. The lowest BCUT2D eigenvalue weighted by Crippen LogP contribution is -2.16. The number of nitrogens with zero attached hydrogens (tertiary/aromatic N) is 1. The predicted molar refractivity (Wildman–Crippen MR) is 94.8 cm³/mol. The zero-order valence-electron chi connectivity index (χ0n) is 14.1. The van der Waals surface area contributed by atoms with Crippen molar-refractivity contribution in [2.24, 2.45) is 0 Å². The second-order valence-electron chi connectivity index (χ2n) is 5.99. The molecule has 8 nitrogen and oxygen atoms in total. The quantitative estimate of drug-likeness (QED) is 0.605. The molecular weight excluding hydrogens is 340 g/mol. The van der Waals surface area contributed by atoms with Crippen LogP contribution in [0.15, 0.2) is 21.3 Å². The molecule has 0 aliphatic rings. The second kappa shape index (κ2) is 6.14. The molecule has 2 aromatic heterocycles. The minimum atomic E-state index is -1.45. The molecule has 26 heavy (non-hydrogen) atoms. The van der Waals surface area contributed by atoms with Gasteiger partial charge in [-0.1, -0.05) is 13.3 Å². The average molecular weight is 356 g/mol. The van der Waals surface area contributed by atoms with Crippen LogP contribution in [0.3, 0.4) is 0 Å². The summed E-state index contributed by atoms with van der Waals surface area (Å²) in [5.74, 6) is -3.26. The van der Waals surface area contributed by atoms with Gasteiger partial charge in [-0.3, -0.25) is 4.79 Å². The summed E-state index contributed by atoms with van der Waals surface area (Å²) in [6, 6.07) is 2.94. The first kappa shape index (κ1) is 17.4. The van der Waals surface area contributed by atoms with E-state index in [0.717, 1.165) is 0 Å². The molecule has 0 aliphatic heterocycles. The lowest BCUT2D eigenvalue weighted by atomic mass is 9.98. The highest BCUT2D eigenvalue weighted by atomic mass is 16.4. The standard InChI is InChI=1S/C18H16N2O6/c1-3-4-8-13-9(7(2)5-11(20-13)17(22)23)6-10-14(21)12(19)16(18(24)25)26-15(8)10/h5-6H,3-4,19H2,1-2H3,(H,22,23)(H,24,25). The van der Waals surface area contributed by atoms with Crippen LogP contribution in [0.25, 0.3) is 21.9 Å². The summed E-state index contributed by atoms with van der Waals surface area (Å²) >= 11 is 0. The first-order valence-electron chi connectivity index (χ1n) is 7.92. The van der Waals surface area contributed by atoms with E-state index in [0.29, 0.717) is 34.9 Å². The van der Waals surface area contributed by atoms with Crippen molar-refractivity contribution >= 4 is 39.5 Å². The first-order valence-corrected chi connectivity index (χ1v) is 7.92. The fourth-order valence-electron chi connectivity index (χ4n) is 3.02. The minimum Gasteiger partial charge on any atom is -0.477 e. The van der Waals surface area contributed by atoms with Crippen LogP contribution < -0.4 is 11.2 Å². The summed E-state index contributed by atoms with van der Waals surface area (Å²) in [5, 5.41) is 19.3. The van der Waals surface area contributed by atoms with Crippen LogP contribution in [-0.2, 0) is 6.42 Å². The maximum absolute atomic E-state index is 12.6. The van der Waals surface area contributed by atoms with E-state index in [1.165, 1.54) is 12.1 Å². The van der Waals surface area contributed by atoms with E-state index in [1.54, 1.807) is 6.92 Å². The van der Waals surface area contributed by atoms with Gasteiger partial charge in [0.15, 0.2) is 0 Å². The van der Waals surface area contributed by atoms with E-state index >= 15 is 0 Å².